The number of hydrogen-bond acceptors (Lipinski definition) is 4. The molecule has 2 aromatic rings. The van der Waals surface area contributed by atoms with E-state index in [2.05, 4.69) is 15.5 Å². The van der Waals surface area contributed by atoms with Crippen molar-refractivity contribution in [3.8, 4) is 11.5 Å². The maximum Gasteiger partial charge on any atom is 0.251 e. The fourth-order valence-electron chi connectivity index (χ4n) is 2.41. The summed E-state index contributed by atoms with van der Waals surface area (Å²) in [6.07, 6.45) is 4.36. The second-order valence-electron chi connectivity index (χ2n) is 5.72. The first-order valence-electron chi connectivity index (χ1n) is 8.34. The number of rotatable bonds is 9. The van der Waals surface area contributed by atoms with Gasteiger partial charge in [0.1, 0.15) is 0 Å². The van der Waals surface area contributed by atoms with Crippen LogP contribution in [0.25, 0.3) is 0 Å². The van der Waals surface area contributed by atoms with Crippen LogP contribution in [0.4, 0.5) is 0 Å². The molecule has 0 saturated heterocycles. The van der Waals surface area contributed by atoms with E-state index in [9.17, 15) is 4.79 Å². The number of H-pyrrole nitrogens is 1. The zero-order valence-electron chi connectivity index (χ0n) is 14.8. The third-order valence-corrected chi connectivity index (χ3v) is 4.07. The topological polar surface area (TPSA) is 76.2 Å². The van der Waals surface area contributed by atoms with Crippen LogP contribution in [-0.2, 0) is 6.42 Å². The second kappa shape index (κ2) is 9.32. The van der Waals surface area contributed by atoms with E-state index in [4.69, 9.17) is 21.1 Å². The van der Waals surface area contributed by atoms with Gasteiger partial charge in [0, 0.05) is 17.8 Å². The molecule has 0 atom stereocenters. The molecule has 0 fully saturated rings. The van der Waals surface area contributed by atoms with E-state index in [0.717, 1.165) is 30.5 Å². The zero-order chi connectivity index (χ0) is 18.2. The predicted octanol–water partition coefficient (Wildman–Crippen LogP) is 3.53. The molecule has 136 valence electrons. The van der Waals surface area contributed by atoms with E-state index in [1.807, 2.05) is 20.0 Å². The first-order valence-corrected chi connectivity index (χ1v) is 8.72. The van der Waals surface area contributed by atoms with Crippen molar-refractivity contribution in [2.75, 3.05) is 20.3 Å². The Morgan fingerprint density at radius 2 is 2.20 bits per heavy atom. The summed E-state index contributed by atoms with van der Waals surface area (Å²) in [5, 5.41) is 10.2. The Balaban J connectivity index is 1.94. The van der Waals surface area contributed by atoms with Crippen molar-refractivity contribution in [2.24, 2.45) is 0 Å². The highest BCUT2D eigenvalue weighted by atomic mass is 35.5. The number of hydrogen-bond donors (Lipinski definition) is 2. The van der Waals surface area contributed by atoms with Gasteiger partial charge in [-0.05, 0) is 43.9 Å². The van der Waals surface area contributed by atoms with Crippen LogP contribution >= 0.6 is 11.6 Å². The predicted molar refractivity (Wildman–Crippen MR) is 97.8 cm³/mol. The Morgan fingerprint density at radius 3 is 2.84 bits per heavy atom. The summed E-state index contributed by atoms with van der Waals surface area (Å²) in [5.41, 5.74) is 2.67. The maximum atomic E-state index is 12.3. The summed E-state index contributed by atoms with van der Waals surface area (Å²) in [4.78, 5) is 12.3. The Morgan fingerprint density at radius 1 is 1.40 bits per heavy atom. The summed E-state index contributed by atoms with van der Waals surface area (Å²) >= 11 is 6.24. The molecule has 1 aromatic heterocycles. The number of ether oxygens (including phenoxy) is 2. The number of nitrogens with one attached hydrogen (secondary N) is 2. The van der Waals surface area contributed by atoms with Gasteiger partial charge in [0.15, 0.2) is 11.5 Å². The maximum absolute atomic E-state index is 12.3. The molecule has 0 spiro atoms. The molecule has 1 aromatic carbocycles. The van der Waals surface area contributed by atoms with Crippen molar-refractivity contribution >= 4 is 17.5 Å². The SMILES string of the molecule is CCCOc1c(Cl)cc(C(=O)NCCCc2cn[nH]c2C)cc1OC. The van der Waals surface area contributed by atoms with E-state index >= 15 is 0 Å². The Kier molecular flexibility index (Phi) is 7.13. The van der Waals surface area contributed by atoms with Crippen LogP contribution in [0.1, 0.15) is 41.4 Å². The lowest BCUT2D eigenvalue weighted by molar-refractivity contribution is 0.0953. The molecule has 0 aliphatic heterocycles. The van der Waals surface area contributed by atoms with Crippen LogP contribution in [0.2, 0.25) is 5.02 Å². The molecule has 0 radical (unpaired) electrons. The van der Waals surface area contributed by atoms with Crippen molar-refractivity contribution in [3.05, 3.63) is 40.2 Å². The summed E-state index contributed by atoms with van der Waals surface area (Å²) in [6, 6.07) is 3.25. The number of carbonyl (C=O) groups excluding carboxylic acids is 1. The molecule has 6 nitrogen and oxygen atoms in total. The second-order valence-corrected chi connectivity index (χ2v) is 6.12. The number of aromatic amines is 1. The number of methoxy groups -OCH3 is 1. The van der Waals surface area contributed by atoms with Gasteiger partial charge in [0.2, 0.25) is 0 Å². The van der Waals surface area contributed by atoms with Crippen molar-refractivity contribution in [1.82, 2.24) is 15.5 Å². The summed E-state index contributed by atoms with van der Waals surface area (Å²) in [5.74, 6) is 0.740. The number of aromatic nitrogens is 2. The highest BCUT2D eigenvalue weighted by Gasteiger charge is 2.15. The molecule has 1 heterocycles. The highest BCUT2D eigenvalue weighted by Crippen LogP contribution is 2.36. The summed E-state index contributed by atoms with van der Waals surface area (Å²) in [6.45, 7) is 5.09. The van der Waals surface area contributed by atoms with Crippen LogP contribution in [0.15, 0.2) is 18.3 Å². The van der Waals surface area contributed by atoms with E-state index in [-0.39, 0.29) is 5.91 Å². The minimum absolute atomic E-state index is 0.189. The van der Waals surface area contributed by atoms with E-state index in [1.165, 1.54) is 7.11 Å². The molecule has 1 amide bonds. The van der Waals surface area contributed by atoms with Gasteiger partial charge in [0.05, 0.1) is 24.9 Å². The number of aryl methyl sites for hydroxylation is 2. The van der Waals surface area contributed by atoms with Crippen LogP contribution in [0, 0.1) is 6.92 Å². The molecule has 0 saturated carbocycles. The van der Waals surface area contributed by atoms with Crippen LogP contribution in [0.5, 0.6) is 11.5 Å². The lowest BCUT2D eigenvalue weighted by atomic mass is 10.1. The first-order chi connectivity index (χ1) is 12.1. The van der Waals surface area contributed by atoms with Crippen LogP contribution in [-0.4, -0.2) is 36.4 Å². The lowest BCUT2D eigenvalue weighted by Gasteiger charge is -2.13. The monoisotopic (exact) mass is 365 g/mol. The van der Waals surface area contributed by atoms with Gasteiger partial charge in [-0.15, -0.1) is 0 Å². The molecule has 0 bridgehead atoms. The van der Waals surface area contributed by atoms with Crippen LogP contribution < -0.4 is 14.8 Å². The fraction of sp³-hybridized carbons (Fsp3) is 0.444. The third kappa shape index (κ3) is 5.13. The van der Waals surface area contributed by atoms with Crippen molar-refractivity contribution < 1.29 is 14.3 Å². The number of benzene rings is 1. The number of nitrogens with zero attached hydrogens (tertiary/aromatic N) is 1. The highest BCUT2D eigenvalue weighted by molar-refractivity contribution is 6.32. The van der Waals surface area contributed by atoms with Gasteiger partial charge in [-0.25, -0.2) is 0 Å². The molecule has 2 N–H and O–H groups in total. The van der Waals surface area contributed by atoms with Gasteiger partial charge < -0.3 is 14.8 Å². The fourth-order valence-corrected chi connectivity index (χ4v) is 2.67. The summed E-state index contributed by atoms with van der Waals surface area (Å²) in [7, 11) is 1.53. The first kappa shape index (κ1) is 19.1. The average Bonchev–Trinajstić information content (AvgIpc) is 3.01. The van der Waals surface area contributed by atoms with Crippen molar-refractivity contribution in [1.29, 1.82) is 0 Å². The zero-order valence-corrected chi connectivity index (χ0v) is 15.6. The Bertz CT molecular complexity index is 716. The molecular formula is C18H24ClN3O3. The van der Waals surface area contributed by atoms with E-state index in [0.29, 0.717) is 35.2 Å². The molecule has 2 rings (SSSR count). The number of carbonyl (C=O) groups is 1. The molecular weight excluding hydrogens is 342 g/mol. The van der Waals surface area contributed by atoms with Gasteiger partial charge >= 0.3 is 0 Å². The minimum atomic E-state index is -0.189. The number of halogens is 1. The standard InChI is InChI=1S/C18H24ClN3O3/c1-4-8-25-17-15(19)9-14(10-16(17)24-3)18(23)20-7-5-6-13-11-21-22-12(13)2/h9-11H,4-8H2,1-3H3,(H,20,23)(H,21,22). The smallest absolute Gasteiger partial charge is 0.251 e. The minimum Gasteiger partial charge on any atom is -0.493 e. The van der Waals surface area contributed by atoms with Crippen molar-refractivity contribution in [2.45, 2.75) is 33.1 Å². The van der Waals surface area contributed by atoms with Gasteiger partial charge in [-0.3, -0.25) is 9.89 Å². The molecule has 25 heavy (non-hydrogen) atoms. The molecule has 7 heteroatoms. The number of amides is 1. The molecule has 0 aliphatic rings. The summed E-state index contributed by atoms with van der Waals surface area (Å²) < 4.78 is 10.9. The van der Waals surface area contributed by atoms with E-state index in [1.54, 1.807) is 12.1 Å². The molecule has 0 aliphatic carbocycles. The normalized spacial score (nSPS) is 10.6. The van der Waals surface area contributed by atoms with Crippen molar-refractivity contribution in [3.63, 3.8) is 0 Å². The lowest BCUT2D eigenvalue weighted by Crippen LogP contribution is -2.24. The largest absolute Gasteiger partial charge is 0.493 e. The van der Waals surface area contributed by atoms with Gasteiger partial charge in [-0.2, -0.15) is 5.10 Å². The van der Waals surface area contributed by atoms with Gasteiger partial charge in [0.25, 0.3) is 5.91 Å². The Labute approximate surface area is 152 Å². The van der Waals surface area contributed by atoms with Gasteiger partial charge in [-0.1, -0.05) is 18.5 Å². The quantitative estimate of drug-likeness (QED) is 0.666. The average molecular weight is 366 g/mol. The molecule has 0 unspecified atom stereocenters. The Hall–Kier alpha value is -2.21. The van der Waals surface area contributed by atoms with E-state index < -0.39 is 0 Å². The third-order valence-electron chi connectivity index (χ3n) is 3.78. The van der Waals surface area contributed by atoms with Crippen LogP contribution in [0.3, 0.4) is 0 Å².